The summed E-state index contributed by atoms with van der Waals surface area (Å²) in [4.78, 5) is 33.1. The van der Waals surface area contributed by atoms with Crippen LogP contribution in [0.5, 0.6) is 5.75 Å². The van der Waals surface area contributed by atoms with Gasteiger partial charge in [-0.25, -0.2) is 4.79 Å². The minimum Gasteiger partial charge on any atom is -0.496 e. The number of nitro groups is 1. The Labute approximate surface area is 135 Å². The van der Waals surface area contributed by atoms with Crippen LogP contribution in [0.3, 0.4) is 0 Å². The van der Waals surface area contributed by atoms with Crippen molar-refractivity contribution in [3.63, 3.8) is 0 Å². The molecule has 0 fully saturated rings. The summed E-state index contributed by atoms with van der Waals surface area (Å²) in [6.07, 6.45) is 2.45. The first-order valence-electron chi connectivity index (χ1n) is 6.78. The lowest BCUT2D eigenvalue weighted by Gasteiger charge is -2.07. The van der Waals surface area contributed by atoms with Gasteiger partial charge in [-0.05, 0) is 12.1 Å². The Morgan fingerprint density at radius 2 is 2.21 bits per heavy atom. The number of aromatic carboxylic acids is 1. The molecule has 1 heterocycles. The average molecular weight is 334 g/mol. The Hall–Kier alpha value is -3.43. The van der Waals surface area contributed by atoms with Crippen LogP contribution in [0.4, 0.5) is 11.4 Å². The van der Waals surface area contributed by atoms with E-state index >= 15 is 0 Å². The fourth-order valence-corrected chi connectivity index (χ4v) is 1.92. The molecule has 126 valence electrons. The van der Waals surface area contributed by atoms with E-state index in [0.29, 0.717) is 5.75 Å². The van der Waals surface area contributed by atoms with E-state index in [1.165, 1.54) is 42.4 Å². The van der Waals surface area contributed by atoms with E-state index < -0.39 is 16.8 Å². The number of methoxy groups -OCH3 is 1. The van der Waals surface area contributed by atoms with Crippen LogP contribution in [0.1, 0.15) is 16.8 Å². The molecule has 0 bridgehead atoms. The molecule has 1 aromatic carbocycles. The normalized spacial score (nSPS) is 10.2. The Kier molecular flexibility index (Phi) is 5.09. The summed E-state index contributed by atoms with van der Waals surface area (Å²) in [5.41, 5.74) is -0.214. The fourth-order valence-electron chi connectivity index (χ4n) is 1.92. The number of benzene rings is 1. The van der Waals surface area contributed by atoms with Gasteiger partial charge >= 0.3 is 5.97 Å². The highest BCUT2D eigenvalue weighted by Crippen LogP contribution is 2.28. The number of rotatable bonds is 7. The van der Waals surface area contributed by atoms with Gasteiger partial charge in [-0.1, -0.05) is 0 Å². The number of amides is 1. The van der Waals surface area contributed by atoms with Crippen molar-refractivity contribution in [2.24, 2.45) is 0 Å². The minimum atomic E-state index is -1.11. The molecule has 0 unspecified atom stereocenters. The highest BCUT2D eigenvalue weighted by molar-refractivity contribution is 5.93. The summed E-state index contributed by atoms with van der Waals surface area (Å²) in [7, 11) is 1.38. The number of nitrogens with zero attached hydrogens (tertiary/aromatic N) is 3. The van der Waals surface area contributed by atoms with Gasteiger partial charge in [0, 0.05) is 19.2 Å². The first-order chi connectivity index (χ1) is 11.4. The third-order valence-electron chi connectivity index (χ3n) is 3.12. The van der Waals surface area contributed by atoms with Crippen LogP contribution < -0.4 is 10.1 Å². The van der Waals surface area contributed by atoms with Crippen molar-refractivity contribution in [1.82, 2.24) is 9.78 Å². The molecular weight excluding hydrogens is 320 g/mol. The number of carboxylic acids is 1. The van der Waals surface area contributed by atoms with E-state index in [4.69, 9.17) is 9.84 Å². The van der Waals surface area contributed by atoms with Crippen LogP contribution in [0.2, 0.25) is 0 Å². The number of carbonyl (C=O) groups is 2. The number of anilines is 1. The molecule has 0 radical (unpaired) electrons. The predicted molar refractivity (Wildman–Crippen MR) is 82.1 cm³/mol. The maximum atomic E-state index is 11.9. The molecule has 2 aromatic rings. The number of ether oxygens (including phenoxy) is 1. The average Bonchev–Trinajstić information content (AvgIpc) is 3.02. The highest BCUT2D eigenvalue weighted by atomic mass is 16.6. The molecule has 0 aliphatic heterocycles. The van der Waals surface area contributed by atoms with Crippen LogP contribution in [0, 0.1) is 10.1 Å². The number of aryl methyl sites for hydroxylation is 1. The number of nitrogens with one attached hydrogen (secondary N) is 1. The highest BCUT2D eigenvalue weighted by Gasteiger charge is 2.17. The first-order valence-corrected chi connectivity index (χ1v) is 6.78. The third-order valence-corrected chi connectivity index (χ3v) is 3.12. The zero-order chi connectivity index (χ0) is 17.7. The fraction of sp³-hybridized carbons (Fsp3) is 0.214. The van der Waals surface area contributed by atoms with Crippen LogP contribution in [-0.4, -0.2) is 38.8 Å². The molecule has 24 heavy (non-hydrogen) atoms. The molecule has 0 aliphatic carbocycles. The standard InChI is InChI=1S/C14H14N4O6/c1-24-10-2-3-11(12(6-10)18(22)23)16-13(19)4-5-17-8-9(7-15-17)14(20)21/h2-3,6-8H,4-5H2,1H3,(H,16,19)(H,20,21). The molecule has 10 heteroatoms. The second-order valence-corrected chi connectivity index (χ2v) is 4.74. The third kappa shape index (κ3) is 4.06. The van der Waals surface area contributed by atoms with Crippen LogP contribution >= 0.6 is 0 Å². The number of hydrogen-bond donors (Lipinski definition) is 2. The molecule has 0 spiro atoms. The smallest absolute Gasteiger partial charge is 0.338 e. The molecule has 0 saturated carbocycles. The van der Waals surface area contributed by atoms with Gasteiger partial charge in [-0.2, -0.15) is 5.10 Å². The second kappa shape index (κ2) is 7.22. The molecule has 1 aromatic heterocycles. The number of hydrogen-bond acceptors (Lipinski definition) is 6. The SMILES string of the molecule is COc1ccc(NC(=O)CCn2cc(C(=O)O)cn2)c([N+](=O)[O-])c1. The molecular formula is C14H14N4O6. The molecule has 2 rings (SSSR count). The van der Waals surface area contributed by atoms with Crippen molar-refractivity contribution < 1.29 is 24.4 Å². The maximum Gasteiger partial charge on any atom is 0.338 e. The summed E-state index contributed by atoms with van der Waals surface area (Å²) in [5, 5.41) is 26.1. The lowest BCUT2D eigenvalue weighted by atomic mass is 10.2. The quantitative estimate of drug-likeness (QED) is 0.578. The largest absolute Gasteiger partial charge is 0.496 e. The monoisotopic (exact) mass is 334 g/mol. The van der Waals surface area contributed by atoms with E-state index in [1.807, 2.05) is 0 Å². The summed E-state index contributed by atoms with van der Waals surface area (Å²) < 4.78 is 6.23. The Morgan fingerprint density at radius 3 is 2.79 bits per heavy atom. The number of aromatic nitrogens is 2. The van der Waals surface area contributed by atoms with E-state index in [2.05, 4.69) is 10.4 Å². The predicted octanol–water partition coefficient (Wildman–Crippen LogP) is 1.53. The van der Waals surface area contributed by atoms with E-state index in [1.54, 1.807) is 0 Å². The van der Waals surface area contributed by atoms with Crippen LogP contribution in [-0.2, 0) is 11.3 Å². The van der Waals surface area contributed by atoms with Gasteiger partial charge in [-0.15, -0.1) is 0 Å². The van der Waals surface area contributed by atoms with Crippen molar-refractivity contribution in [3.8, 4) is 5.75 Å². The van der Waals surface area contributed by atoms with Crippen molar-refractivity contribution >= 4 is 23.3 Å². The molecule has 2 N–H and O–H groups in total. The Morgan fingerprint density at radius 1 is 1.46 bits per heavy atom. The zero-order valence-corrected chi connectivity index (χ0v) is 12.6. The molecule has 0 aliphatic rings. The summed E-state index contributed by atoms with van der Waals surface area (Å²) >= 11 is 0. The van der Waals surface area contributed by atoms with E-state index in [0.717, 1.165) is 0 Å². The summed E-state index contributed by atoms with van der Waals surface area (Å²) in [5.74, 6) is -1.27. The number of carboxylic acid groups (broad SMARTS) is 1. The van der Waals surface area contributed by atoms with Crippen molar-refractivity contribution in [3.05, 3.63) is 46.3 Å². The van der Waals surface area contributed by atoms with E-state index in [9.17, 15) is 19.7 Å². The first kappa shape index (κ1) is 16.9. The van der Waals surface area contributed by atoms with Gasteiger partial charge in [0.2, 0.25) is 5.91 Å². The second-order valence-electron chi connectivity index (χ2n) is 4.74. The zero-order valence-electron chi connectivity index (χ0n) is 12.6. The number of carbonyl (C=O) groups excluding carboxylic acids is 1. The van der Waals surface area contributed by atoms with Gasteiger partial charge < -0.3 is 15.2 Å². The maximum absolute atomic E-state index is 11.9. The van der Waals surface area contributed by atoms with Crippen LogP contribution in [0.25, 0.3) is 0 Å². The van der Waals surface area contributed by atoms with Gasteiger partial charge in [0.25, 0.3) is 5.69 Å². The van der Waals surface area contributed by atoms with Crippen molar-refractivity contribution in [1.29, 1.82) is 0 Å². The lowest BCUT2D eigenvalue weighted by molar-refractivity contribution is -0.384. The summed E-state index contributed by atoms with van der Waals surface area (Å²) in [6.45, 7) is 0.142. The van der Waals surface area contributed by atoms with Crippen molar-refractivity contribution in [2.45, 2.75) is 13.0 Å². The van der Waals surface area contributed by atoms with Crippen LogP contribution in [0.15, 0.2) is 30.6 Å². The van der Waals surface area contributed by atoms with Gasteiger partial charge in [-0.3, -0.25) is 19.6 Å². The minimum absolute atomic E-state index is 0.0150. The van der Waals surface area contributed by atoms with Crippen molar-refractivity contribution in [2.75, 3.05) is 12.4 Å². The van der Waals surface area contributed by atoms with Gasteiger partial charge in [0.05, 0.1) is 29.9 Å². The Balaban J connectivity index is 2.01. The molecule has 0 atom stereocenters. The summed E-state index contributed by atoms with van der Waals surface area (Å²) in [6, 6.07) is 4.09. The van der Waals surface area contributed by atoms with E-state index in [-0.39, 0.29) is 29.9 Å². The van der Waals surface area contributed by atoms with Gasteiger partial charge in [0.15, 0.2) is 0 Å². The van der Waals surface area contributed by atoms with Gasteiger partial charge in [0.1, 0.15) is 11.4 Å². The molecule has 0 saturated heterocycles. The Bertz CT molecular complexity index is 785. The topological polar surface area (TPSA) is 137 Å². The lowest BCUT2D eigenvalue weighted by Crippen LogP contribution is -2.15. The number of nitro benzene ring substituents is 1. The molecule has 1 amide bonds. The molecule has 10 nitrogen and oxygen atoms in total.